The van der Waals surface area contributed by atoms with Crippen molar-refractivity contribution in [1.29, 1.82) is 0 Å². The van der Waals surface area contributed by atoms with Crippen molar-refractivity contribution in [3.8, 4) is 0 Å². The minimum atomic E-state index is -0.479. The second kappa shape index (κ2) is 9.48. The largest absolute Gasteiger partial charge is 0.438 e. The molecule has 4 nitrogen and oxygen atoms in total. The molecule has 0 aliphatic heterocycles. The number of carbonyl (C=O) groups is 1. The molecule has 1 unspecified atom stereocenters. The van der Waals surface area contributed by atoms with Gasteiger partial charge in [0.05, 0.1) is 13.2 Å². The van der Waals surface area contributed by atoms with Crippen molar-refractivity contribution in [3.05, 3.63) is 0 Å². The Morgan fingerprint density at radius 2 is 2.08 bits per heavy atom. The van der Waals surface area contributed by atoms with E-state index in [9.17, 15) is 4.79 Å². The van der Waals surface area contributed by atoms with E-state index in [0.717, 1.165) is 19.4 Å². The van der Waals surface area contributed by atoms with Gasteiger partial charge in [0.25, 0.3) is 6.47 Å². The third kappa shape index (κ3) is 9.30. The maximum Gasteiger partial charge on any atom is 0.295 e. The van der Waals surface area contributed by atoms with E-state index in [-0.39, 0.29) is 0 Å². The van der Waals surface area contributed by atoms with Gasteiger partial charge in [0.15, 0.2) is 6.29 Å². The quantitative estimate of drug-likeness (QED) is 0.312. The lowest BCUT2D eigenvalue weighted by molar-refractivity contribution is -0.162. The van der Waals surface area contributed by atoms with Crippen molar-refractivity contribution in [2.24, 2.45) is 0 Å². The Morgan fingerprint density at radius 3 is 2.69 bits per heavy atom. The Balaban J connectivity index is 3.01. The predicted octanol–water partition coefficient (Wildman–Crippen LogP) is 1.34. The van der Waals surface area contributed by atoms with Gasteiger partial charge in [-0.2, -0.15) is 0 Å². The zero-order valence-electron chi connectivity index (χ0n) is 8.32. The first-order valence-corrected chi connectivity index (χ1v) is 4.59. The Hall–Kier alpha value is -0.610. The molecule has 0 radical (unpaired) electrons. The summed E-state index contributed by atoms with van der Waals surface area (Å²) < 4.78 is 14.8. The van der Waals surface area contributed by atoms with Crippen LogP contribution in [0.4, 0.5) is 0 Å². The molecule has 0 amide bonds. The monoisotopic (exact) mass is 190 g/mol. The van der Waals surface area contributed by atoms with Crippen molar-refractivity contribution in [2.45, 2.75) is 33.0 Å². The van der Waals surface area contributed by atoms with Crippen LogP contribution in [-0.2, 0) is 19.0 Å². The molecule has 0 aliphatic rings. The predicted molar refractivity (Wildman–Crippen MR) is 48.3 cm³/mol. The van der Waals surface area contributed by atoms with Gasteiger partial charge in [0, 0.05) is 6.61 Å². The summed E-state index contributed by atoms with van der Waals surface area (Å²) in [4.78, 5) is 9.86. The second-order valence-electron chi connectivity index (χ2n) is 2.64. The third-order valence-electron chi connectivity index (χ3n) is 1.47. The van der Waals surface area contributed by atoms with E-state index in [1.54, 1.807) is 6.92 Å². The fourth-order valence-electron chi connectivity index (χ4n) is 0.739. The zero-order chi connectivity index (χ0) is 9.94. The molecule has 0 heterocycles. The van der Waals surface area contributed by atoms with Gasteiger partial charge in [0.1, 0.15) is 0 Å². The topological polar surface area (TPSA) is 44.8 Å². The lowest BCUT2D eigenvalue weighted by Gasteiger charge is -2.10. The Labute approximate surface area is 79.2 Å². The van der Waals surface area contributed by atoms with E-state index in [2.05, 4.69) is 11.7 Å². The molecule has 1 atom stereocenters. The van der Waals surface area contributed by atoms with Crippen LogP contribution in [-0.4, -0.2) is 32.6 Å². The van der Waals surface area contributed by atoms with Crippen LogP contribution in [0.3, 0.4) is 0 Å². The average Bonchev–Trinajstić information content (AvgIpc) is 2.11. The fraction of sp³-hybridized carbons (Fsp3) is 0.889. The van der Waals surface area contributed by atoms with Crippen molar-refractivity contribution in [1.82, 2.24) is 0 Å². The van der Waals surface area contributed by atoms with Crippen LogP contribution in [0.5, 0.6) is 0 Å². The summed E-state index contributed by atoms with van der Waals surface area (Å²) in [7, 11) is 0. The van der Waals surface area contributed by atoms with Gasteiger partial charge in [-0.25, -0.2) is 0 Å². The SMILES string of the molecule is CCCCOCCOC(C)OC=O. The molecule has 13 heavy (non-hydrogen) atoms. The molecule has 0 aromatic carbocycles. The van der Waals surface area contributed by atoms with Crippen LogP contribution < -0.4 is 0 Å². The van der Waals surface area contributed by atoms with Crippen LogP contribution in [0.1, 0.15) is 26.7 Å². The number of unbranched alkanes of at least 4 members (excludes halogenated alkanes) is 1. The molecule has 0 saturated carbocycles. The summed E-state index contributed by atoms with van der Waals surface area (Å²) in [6.07, 6.45) is 1.72. The normalized spacial score (nSPS) is 12.5. The van der Waals surface area contributed by atoms with Gasteiger partial charge >= 0.3 is 0 Å². The Kier molecular flexibility index (Phi) is 9.03. The highest BCUT2D eigenvalue weighted by molar-refractivity contribution is 5.37. The van der Waals surface area contributed by atoms with Crippen LogP contribution >= 0.6 is 0 Å². The van der Waals surface area contributed by atoms with Crippen molar-refractivity contribution in [3.63, 3.8) is 0 Å². The maximum absolute atomic E-state index is 9.86. The minimum absolute atomic E-state index is 0.378. The highest BCUT2D eigenvalue weighted by Gasteiger charge is 1.99. The number of rotatable bonds is 9. The molecule has 0 aliphatic carbocycles. The molecule has 0 aromatic heterocycles. The summed E-state index contributed by atoms with van der Waals surface area (Å²) in [6.45, 7) is 5.93. The van der Waals surface area contributed by atoms with Crippen molar-refractivity contribution < 1.29 is 19.0 Å². The van der Waals surface area contributed by atoms with E-state index < -0.39 is 6.29 Å². The van der Waals surface area contributed by atoms with Crippen LogP contribution in [0.25, 0.3) is 0 Å². The molecule has 78 valence electrons. The minimum Gasteiger partial charge on any atom is -0.438 e. The highest BCUT2D eigenvalue weighted by Crippen LogP contribution is 1.92. The van der Waals surface area contributed by atoms with Gasteiger partial charge in [-0.3, -0.25) is 4.79 Å². The standard InChI is InChI=1S/C9H18O4/c1-3-4-5-11-6-7-12-9(2)13-8-10/h8-9H,3-7H2,1-2H3. The molecule has 0 bridgehead atoms. The maximum atomic E-state index is 9.86. The lowest BCUT2D eigenvalue weighted by atomic mass is 10.4. The van der Waals surface area contributed by atoms with Crippen molar-refractivity contribution in [2.75, 3.05) is 19.8 Å². The highest BCUT2D eigenvalue weighted by atomic mass is 16.7. The molecule has 0 rings (SSSR count). The van der Waals surface area contributed by atoms with Gasteiger partial charge in [-0.05, 0) is 13.3 Å². The lowest BCUT2D eigenvalue weighted by Crippen LogP contribution is -2.15. The average molecular weight is 190 g/mol. The van der Waals surface area contributed by atoms with Gasteiger partial charge in [-0.15, -0.1) is 0 Å². The molecular weight excluding hydrogens is 172 g/mol. The smallest absolute Gasteiger partial charge is 0.295 e. The number of hydrogen-bond acceptors (Lipinski definition) is 4. The van der Waals surface area contributed by atoms with Crippen LogP contribution in [0.15, 0.2) is 0 Å². The van der Waals surface area contributed by atoms with E-state index in [4.69, 9.17) is 9.47 Å². The molecule has 0 saturated heterocycles. The summed E-state index contributed by atoms with van der Waals surface area (Å²) in [5, 5.41) is 0. The first-order chi connectivity index (χ1) is 6.31. The summed E-state index contributed by atoms with van der Waals surface area (Å²) in [5.41, 5.74) is 0. The number of ether oxygens (including phenoxy) is 3. The second-order valence-corrected chi connectivity index (χ2v) is 2.64. The summed E-state index contributed by atoms with van der Waals surface area (Å²) in [6, 6.07) is 0. The molecule has 0 fully saturated rings. The van der Waals surface area contributed by atoms with E-state index in [0.29, 0.717) is 19.7 Å². The molecule has 0 spiro atoms. The Morgan fingerprint density at radius 1 is 1.31 bits per heavy atom. The molecule has 0 N–H and O–H groups in total. The van der Waals surface area contributed by atoms with Crippen molar-refractivity contribution >= 4 is 6.47 Å². The molecule has 4 heteroatoms. The third-order valence-corrected chi connectivity index (χ3v) is 1.47. The fourth-order valence-corrected chi connectivity index (χ4v) is 0.739. The van der Waals surface area contributed by atoms with Crippen LogP contribution in [0.2, 0.25) is 0 Å². The molecular formula is C9H18O4. The van der Waals surface area contributed by atoms with E-state index in [1.165, 1.54) is 0 Å². The first kappa shape index (κ1) is 12.4. The number of hydrogen-bond donors (Lipinski definition) is 0. The van der Waals surface area contributed by atoms with Gasteiger partial charge < -0.3 is 14.2 Å². The van der Waals surface area contributed by atoms with E-state index >= 15 is 0 Å². The van der Waals surface area contributed by atoms with E-state index in [1.807, 2.05) is 0 Å². The number of carbonyl (C=O) groups excluding carboxylic acids is 1. The van der Waals surface area contributed by atoms with Gasteiger partial charge in [-0.1, -0.05) is 13.3 Å². The summed E-state index contributed by atoms with van der Waals surface area (Å²) >= 11 is 0. The van der Waals surface area contributed by atoms with Gasteiger partial charge in [0.2, 0.25) is 0 Å². The summed E-state index contributed by atoms with van der Waals surface area (Å²) in [5.74, 6) is 0. The zero-order valence-corrected chi connectivity index (χ0v) is 8.32. The first-order valence-electron chi connectivity index (χ1n) is 4.59. The molecule has 0 aromatic rings. The Bertz CT molecular complexity index is 116. The van der Waals surface area contributed by atoms with Crippen LogP contribution in [0, 0.1) is 0 Å².